The molecule has 0 bridgehead atoms. The second-order valence-electron chi connectivity index (χ2n) is 6.15. The number of aromatic nitrogens is 2. The van der Waals surface area contributed by atoms with Gasteiger partial charge < -0.3 is 10.2 Å². The maximum Gasteiger partial charge on any atom is 0.253 e. The number of fused-ring (bicyclic) bond motifs is 1. The molecule has 0 radical (unpaired) electrons. The van der Waals surface area contributed by atoms with Crippen LogP contribution < -0.4 is 10.2 Å². The molecule has 5 heteroatoms. The normalized spacial score (nSPS) is 14.2. The Morgan fingerprint density at radius 2 is 1.96 bits per heavy atom. The summed E-state index contributed by atoms with van der Waals surface area (Å²) < 4.78 is 0. The van der Waals surface area contributed by atoms with Crippen LogP contribution >= 0.6 is 0 Å². The summed E-state index contributed by atoms with van der Waals surface area (Å²) in [6, 6.07) is 14.0. The van der Waals surface area contributed by atoms with Crippen LogP contribution in [0.25, 0.3) is 10.9 Å². The van der Waals surface area contributed by atoms with Gasteiger partial charge in [-0.1, -0.05) is 30.3 Å². The number of rotatable bonds is 4. The second-order valence-corrected chi connectivity index (χ2v) is 6.15. The number of carbonyl (C=O) groups is 1. The van der Waals surface area contributed by atoms with Crippen LogP contribution in [0, 0.1) is 0 Å². The molecule has 1 aliphatic rings. The van der Waals surface area contributed by atoms with Crippen molar-refractivity contribution < 1.29 is 4.79 Å². The highest BCUT2D eigenvalue weighted by Gasteiger charge is 2.16. The Labute approximate surface area is 140 Å². The Balaban J connectivity index is 1.53. The number of carbonyl (C=O) groups excluding carboxylic acids is 1. The number of anilines is 1. The molecule has 1 amide bonds. The molecule has 0 unspecified atom stereocenters. The Morgan fingerprint density at radius 3 is 2.83 bits per heavy atom. The molecule has 122 valence electrons. The zero-order valence-corrected chi connectivity index (χ0v) is 13.5. The van der Waals surface area contributed by atoms with Gasteiger partial charge in [-0.15, -0.1) is 0 Å². The third-order valence-corrected chi connectivity index (χ3v) is 4.60. The van der Waals surface area contributed by atoms with Crippen molar-refractivity contribution in [2.24, 2.45) is 0 Å². The van der Waals surface area contributed by atoms with Gasteiger partial charge in [-0.3, -0.25) is 9.89 Å². The quantitative estimate of drug-likeness (QED) is 0.776. The Kier molecular flexibility index (Phi) is 3.91. The molecule has 0 aliphatic carbocycles. The number of nitrogens with zero attached hydrogens (tertiary/aromatic N) is 2. The first kappa shape index (κ1) is 14.8. The summed E-state index contributed by atoms with van der Waals surface area (Å²) in [6.07, 6.45) is 4.21. The summed E-state index contributed by atoms with van der Waals surface area (Å²) in [5, 5.41) is 10.9. The average Bonchev–Trinajstić information content (AvgIpc) is 3.30. The van der Waals surface area contributed by atoms with Gasteiger partial charge in [-0.2, -0.15) is 5.10 Å². The van der Waals surface area contributed by atoms with Crippen molar-refractivity contribution in [1.82, 2.24) is 15.5 Å². The van der Waals surface area contributed by atoms with E-state index in [4.69, 9.17) is 0 Å². The van der Waals surface area contributed by atoms with E-state index in [0.717, 1.165) is 29.6 Å². The number of para-hydroxylation sites is 2. The number of hydrogen-bond acceptors (Lipinski definition) is 3. The van der Waals surface area contributed by atoms with Gasteiger partial charge in [0, 0.05) is 30.7 Å². The van der Waals surface area contributed by atoms with E-state index in [1.807, 2.05) is 24.3 Å². The van der Waals surface area contributed by atoms with E-state index in [0.29, 0.717) is 12.1 Å². The molecule has 1 aromatic heterocycles. The molecule has 5 nitrogen and oxygen atoms in total. The highest BCUT2D eigenvalue weighted by Crippen LogP contribution is 2.24. The molecule has 24 heavy (non-hydrogen) atoms. The molecule has 1 saturated heterocycles. The predicted octanol–water partition coefficient (Wildman–Crippen LogP) is 3.09. The molecule has 2 N–H and O–H groups in total. The first-order valence-electron chi connectivity index (χ1n) is 8.36. The lowest BCUT2D eigenvalue weighted by Crippen LogP contribution is -2.25. The number of aromatic amines is 1. The van der Waals surface area contributed by atoms with E-state index >= 15 is 0 Å². The van der Waals surface area contributed by atoms with Crippen molar-refractivity contribution in [3.05, 3.63) is 59.8 Å². The van der Waals surface area contributed by atoms with E-state index < -0.39 is 0 Å². The van der Waals surface area contributed by atoms with Crippen molar-refractivity contribution in [2.75, 3.05) is 18.0 Å². The van der Waals surface area contributed by atoms with E-state index in [1.54, 1.807) is 6.20 Å². The van der Waals surface area contributed by atoms with Crippen molar-refractivity contribution in [2.45, 2.75) is 19.4 Å². The minimum Gasteiger partial charge on any atom is -0.371 e. The van der Waals surface area contributed by atoms with Gasteiger partial charge in [0.15, 0.2) is 0 Å². The number of hydrogen-bond donors (Lipinski definition) is 2. The lowest BCUT2D eigenvalue weighted by Gasteiger charge is -2.21. The minimum atomic E-state index is -0.0823. The van der Waals surface area contributed by atoms with E-state index in [9.17, 15) is 4.79 Å². The number of nitrogens with one attached hydrogen (secondary N) is 2. The third kappa shape index (κ3) is 2.73. The van der Waals surface area contributed by atoms with Crippen molar-refractivity contribution in [3.8, 4) is 0 Å². The van der Waals surface area contributed by atoms with Crippen molar-refractivity contribution >= 4 is 22.5 Å². The van der Waals surface area contributed by atoms with E-state index in [2.05, 4.69) is 38.6 Å². The second kappa shape index (κ2) is 6.35. The largest absolute Gasteiger partial charge is 0.371 e. The molecule has 4 rings (SSSR count). The molecule has 0 atom stereocenters. The standard InChI is InChI=1S/C19H20N4O/c24-19(16-8-5-7-15-13-21-22-18(15)16)20-12-14-6-1-2-9-17(14)23-10-3-4-11-23/h1-2,5-9,13H,3-4,10-12H2,(H,20,24)(H,21,22). The number of H-pyrrole nitrogens is 1. The first-order valence-corrected chi connectivity index (χ1v) is 8.36. The summed E-state index contributed by atoms with van der Waals surface area (Å²) in [6.45, 7) is 2.72. The van der Waals surface area contributed by atoms with Crippen molar-refractivity contribution in [1.29, 1.82) is 0 Å². The monoisotopic (exact) mass is 320 g/mol. The van der Waals surface area contributed by atoms with Crippen LogP contribution in [0.4, 0.5) is 5.69 Å². The maximum atomic E-state index is 12.6. The Morgan fingerprint density at radius 1 is 1.12 bits per heavy atom. The number of amides is 1. The molecular weight excluding hydrogens is 300 g/mol. The summed E-state index contributed by atoms with van der Waals surface area (Å²) in [7, 11) is 0. The molecule has 2 aromatic carbocycles. The smallest absolute Gasteiger partial charge is 0.253 e. The van der Waals surface area contributed by atoms with Crippen molar-refractivity contribution in [3.63, 3.8) is 0 Å². The molecule has 0 saturated carbocycles. The topological polar surface area (TPSA) is 61.0 Å². The van der Waals surface area contributed by atoms with Gasteiger partial charge >= 0.3 is 0 Å². The lowest BCUT2D eigenvalue weighted by atomic mass is 10.1. The molecule has 2 heterocycles. The van der Waals surface area contributed by atoms with Gasteiger partial charge in [0.25, 0.3) is 5.91 Å². The van der Waals surface area contributed by atoms with Gasteiger partial charge in [-0.25, -0.2) is 0 Å². The SMILES string of the molecule is O=C(NCc1ccccc1N1CCCC1)c1cccc2cn[nH]c12. The molecule has 3 aromatic rings. The van der Waals surface area contributed by atoms with Gasteiger partial charge in [0.1, 0.15) is 0 Å². The predicted molar refractivity (Wildman–Crippen MR) is 95.2 cm³/mol. The fourth-order valence-corrected chi connectivity index (χ4v) is 3.36. The van der Waals surface area contributed by atoms with Gasteiger partial charge in [-0.05, 0) is 30.5 Å². The summed E-state index contributed by atoms with van der Waals surface area (Å²) in [5.41, 5.74) is 3.80. The van der Waals surface area contributed by atoms with E-state index in [1.165, 1.54) is 18.5 Å². The Bertz CT molecular complexity index is 864. The molecule has 1 fully saturated rings. The van der Waals surface area contributed by atoms with Crippen LogP contribution in [0.2, 0.25) is 0 Å². The lowest BCUT2D eigenvalue weighted by molar-refractivity contribution is 0.0952. The third-order valence-electron chi connectivity index (χ3n) is 4.60. The fourth-order valence-electron chi connectivity index (χ4n) is 3.36. The first-order chi connectivity index (χ1) is 11.8. The summed E-state index contributed by atoms with van der Waals surface area (Å²) in [4.78, 5) is 15.0. The average molecular weight is 320 g/mol. The van der Waals surface area contributed by atoms with Crippen LogP contribution in [-0.2, 0) is 6.54 Å². The zero-order chi connectivity index (χ0) is 16.4. The summed E-state index contributed by atoms with van der Waals surface area (Å²) in [5.74, 6) is -0.0823. The highest BCUT2D eigenvalue weighted by atomic mass is 16.1. The fraction of sp³-hybridized carbons (Fsp3) is 0.263. The zero-order valence-electron chi connectivity index (χ0n) is 13.5. The van der Waals surface area contributed by atoms with E-state index in [-0.39, 0.29) is 5.91 Å². The summed E-state index contributed by atoms with van der Waals surface area (Å²) >= 11 is 0. The minimum absolute atomic E-state index is 0.0823. The van der Waals surface area contributed by atoms with Crippen LogP contribution in [0.3, 0.4) is 0 Å². The Hall–Kier alpha value is -2.82. The van der Waals surface area contributed by atoms with Crippen LogP contribution in [-0.4, -0.2) is 29.2 Å². The van der Waals surface area contributed by atoms with Crippen LogP contribution in [0.1, 0.15) is 28.8 Å². The van der Waals surface area contributed by atoms with Crippen LogP contribution in [0.15, 0.2) is 48.7 Å². The van der Waals surface area contributed by atoms with Gasteiger partial charge in [0.2, 0.25) is 0 Å². The van der Waals surface area contributed by atoms with Gasteiger partial charge in [0.05, 0.1) is 17.3 Å². The molecular formula is C19H20N4O. The molecule has 0 spiro atoms. The van der Waals surface area contributed by atoms with Crippen LogP contribution in [0.5, 0.6) is 0 Å². The maximum absolute atomic E-state index is 12.6. The number of benzene rings is 2. The highest BCUT2D eigenvalue weighted by molar-refractivity contribution is 6.05. The molecule has 1 aliphatic heterocycles.